The highest BCUT2D eigenvalue weighted by Crippen LogP contribution is 2.47. The van der Waals surface area contributed by atoms with E-state index in [1.165, 1.54) is 82.1 Å². The third-order valence-corrected chi connectivity index (χ3v) is 7.43. The highest BCUT2D eigenvalue weighted by atomic mass is 16.5. The van der Waals surface area contributed by atoms with E-state index in [4.69, 9.17) is 9.47 Å². The molecule has 0 bridgehead atoms. The maximum Gasteiger partial charge on any atom is 0.163 e. The van der Waals surface area contributed by atoms with Gasteiger partial charge < -0.3 is 19.3 Å². The fourth-order valence-electron chi connectivity index (χ4n) is 5.99. The predicted octanol–water partition coefficient (Wildman–Crippen LogP) is 5.26. The van der Waals surface area contributed by atoms with Crippen LogP contribution in [0.25, 0.3) is 6.08 Å². The molecule has 1 unspecified atom stereocenters. The summed E-state index contributed by atoms with van der Waals surface area (Å²) in [7, 11) is 1.77. The Labute approximate surface area is 175 Å². The Hall–Kier alpha value is -1.68. The number of nitrogens with zero attached hydrogens (tertiary/aromatic N) is 2. The van der Waals surface area contributed by atoms with Gasteiger partial charge in [0.2, 0.25) is 0 Å². The fraction of sp³-hybridized carbons (Fsp3) is 0.680. The van der Waals surface area contributed by atoms with Crippen molar-refractivity contribution in [1.82, 2.24) is 4.90 Å². The number of hydrogen-bond acceptors (Lipinski definition) is 4. The molecule has 4 nitrogen and oxygen atoms in total. The zero-order chi connectivity index (χ0) is 19.6. The van der Waals surface area contributed by atoms with Crippen LogP contribution < -0.4 is 14.4 Å². The summed E-state index contributed by atoms with van der Waals surface area (Å²) in [5, 5.41) is 0. The molecule has 158 valence electrons. The van der Waals surface area contributed by atoms with E-state index >= 15 is 0 Å². The van der Waals surface area contributed by atoms with Crippen LogP contribution >= 0.6 is 0 Å². The van der Waals surface area contributed by atoms with Gasteiger partial charge in [-0.2, -0.15) is 0 Å². The molecule has 2 heterocycles. The fourth-order valence-corrected chi connectivity index (χ4v) is 5.99. The second kappa shape index (κ2) is 8.59. The Morgan fingerprint density at radius 3 is 2.59 bits per heavy atom. The van der Waals surface area contributed by atoms with Gasteiger partial charge in [-0.05, 0) is 76.1 Å². The van der Waals surface area contributed by atoms with Gasteiger partial charge in [0.15, 0.2) is 11.5 Å². The lowest BCUT2D eigenvalue weighted by molar-refractivity contribution is 0.254. The highest BCUT2D eigenvalue weighted by Gasteiger charge is 2.37. The molecule has 29 heavy (non-hydrogen) atoms. The first-order valence-corrected chi connectivity index (χ1v) is 11.9. The first kappa shape index (κ1) is 19.3. The quantitative estimate of drug-likeness (QED) is 0.587. The van der Waals surface area contributed by atoms with E-state index in [1.54, 1.807) is 12.7 Å². The molecule has 4 aliphatic rings. The smallest absolute Gasteiger partial charge is 0.163 e. The summed E-state index contributed by atoms with van der Waals surface area (Å²) in [6, 6.07) is 5.81. The first-order chi connectivity index (χ1) is 14.3. The maximum absolute atomic E-state index is 6.28. The van der Waals surface area contributed by atoms with Crippen LogP contribution in [0.2, 0.25) is 0 Å². The molecule has 4 heteroatoms. The van der Waals surface area contributed by atoms with Crippen molar-refractivity contribution in [1.29, 1.82) is 0 Å². The van der Waals surface area contributed by atoms with E-state index in [1.807, 2.05) is 0 Å². The highest BCUT2D eigenvalue weighted by molar-refractivity contribution is 5.78. The second-order valence-electron chi connectivity index (χ2n) is 9.29. The third-order valence-electron chi connectivity index (χ3n) is 7.43. The number of likely N-dealkylation sites (tertiary alicyclic amines) is 1. The summed E-state index contributed by atoms with van der Waals surface area (Å²) >= 11 is 0. The molecule has 1 aromatic carbocycles. The van der Waals surface area contributed by atoms with Crippen LogP contribution in [0.3, 0.4) is 0 Å². The number of fused-ring (bicyclic) bond motifs is 2. The molecule has 1 aromatic rings. The van der Waals surface area contributed by atoms with E-state index in [0.29, 0.717) is 12.1 Å². The maximum atomic E-state index is 6.28. The number of rotatable bonds is 7. The molecule has 2 saturated carbocycles. The van der Waals surface area contributed by atoms with Gasteiger partial charge in [-0.3, -0.25) is 0 Å². The lowest BCUT2D eigenvalue weighted by Gasteiger charge is -2.41. The van der Waals surface area contributed by atoms with Crippen LogP contribution in [0.4, 0.5) is 5.69 Å². The number of benzene rings is 1. The Balaban J connectivity index is 1.37. The Morgan fingerprint density at radius 2 is 1.79 bits per heavy atom. The monoisotopic (exact) mass is 396 g/mol. The molecule has 0 aromatic heterocycles. The number of methoxy groups -OCH3 is 1. The summed E-state index contributed by atoms with van der Waals surface area (Å²) in [6.45, 7) is 4.43. The normalized spacial score (nSPS) is 24.5. The van der Waals surface area contributed by atoms with E-state index < -0.39 is 0 Å². The summed E-state index contributed by atoms with van der Waals surface area (Å²) in [6.07, 6.45) is 15.5. The van der Waals surface area contributed by atoms with Gasteiger partial charge in [0.05, 0.1) is 19.8 Å². The zero-order valence-electron chi connectivity index (χ0n) is 18.0. The average Bonchev–Trinajstić information content (AvgIpc) is 3.51. The van der Waals surface area contributed by atoms with Crippen molar-refractivity contribution in [2.75, 3.05) is 38.3 Å². The molecule has 0 radical (unpaired) electrons. The number of ether oxygens (including phenoxy) is 2. The zero-order valence-corrected chi connectivity index (χ0v) is 18.0. The lowest BCUT2D eigenvalue weighted by Crippen LogP contribution is -2.43. The molecule has 1 saturated heterocycles. The van der Waals surface area contributed by atoms with E-state index in [2.05, 4.69) is 28.0 Å². The molecular weight excluding hydrogens is 360 g/mol. The molecule has 3 fully saturated rings. The van der Waals surface area contributed by atoms with E-state index in [0.717, 1.165) is 31.1 Å². The Bertz CT molecular complexity index is 747. The second-order valence-corrected chi connectivity index (χ2v) is 9.29. The van der Waals surface area contributed by atoms with Crippen molar-refractivity contribution in [3.63, 3.8) is 0 Å². The van der Waals surface area contributed by atoms with Gasteiger partial charge in [-0.25, -0.2) is 0 Å². The Kier molecular flexibility index (Phi) is 5.72. The molecule has 2 aliphatic heterocycles. The standard InChI is InChI=1S/C25H36N2O2/c1-28-24-17-20-16-19-8-6-11-22(19)27(21-9-2-3-10-21)23(20)18-25(24)29-15-7-14-26-12-4-5-13-26/h16-18,21-22H,2-15H2,1H3. The summed E-state index contributed by atoms with van der Waals surface area (Å²) in [5.41, 5.74) is 4.33. The van der Waals surface area contributed by atoms with Gasteiger partial charge in [-0.1, -0.05) is 18.9 Å². The van der Waals surface area contributed by atoms with Crippen molar-refractivity contribution in [3.8, 4) is 11.5 Å². The van der Waals surface area contributed by atoms with Crippen LogP contribution in [0.15, 0.2) is 17.7 Å². The molecular formula is C25H36N2O2. The van der Waals surface area contributed by atoms with Crippen LogP contribution in [0, 0.1) is 0 Å². The minimum atomic E-state index is 0.613. The minimum absolute atomic E-state index is 0.613. The van der Waals surface area contributed by atoms with Crippen molar-refractivity contribution in [2.45, 2.75) is 76.3 Å². The largest absolute Gasteiger partial charge is 0.493 e. The van der Waals surface area contributed by atoms with Gasteiger partial charge in [-0.15, -0.1) is 0 Å². The van der Waals surface area contributed by atoms with Crippen LogP contribution in [-0.4, -0.2) is 50.3 Å². The lowest BCUT2D eigenvalue weighted by atomic mass is 9.94. The molecule has 0 spiro atoms. The van der Waals surface area contributed by atoms with E-state index in [-0.39, 0.29) is 0 Å². The first-order valence-electron chi connectivity index (χ1n) is 11.9. The average molecular weight is 397 g/mol. The van der Waals surface area contributed by atoms with Crippen LogP contribution in [0.5, 0.6) is 11.5 Å². The topological polar surface area (TPSA) is 24.9 Å². The summed E-state index contributed by atoms with van der Waals surface area (Å²) in [5.74, 6) is 1.80. The van der Waals surface area contributed by atoms with Crippen molar-refractivity contribution in [3.05, 3.63) is 23.3 Å². The summed E-state index contributed by atoms with van der Waals surface area (Å²) < 4.78 is 12.0. The van der Waals surface area contributed by atoms with Crippen molar-refractivity contribution in [2.24, 2.45) is 0 Å². The molecule has 0 amide bonds. The van der Waals surface area contributed by atoms with Gasteiger partial charge in [0.25, 0.3) is 0 Å². The molecule has 0 N–H and O–H groups in total. The summed E-state index contributed by atoms with van der Waals surface area (Å²) in [4.78, 5) is 5.32. The predicted molar refractivity (Wildman–Crippen MR) is 119 cm³/mol. The number of hydrogen-bond donors (Lipinski definition) is 0. The van der Waals surface area contributed by atoms with Crippen molar-refractivity contribution < 1.29 is 9.47 Å². The van der Waals surface area contributed by atoms with Gasteiger partial charge in [0, 0.05) is 29.9 Å². The van der Waals surface area contributed by atoms with Gasteiger partial charge >= 0.3 is 0 Å². The van der Waals surface area contributed by atoms with Crippen LogP contribution in [0.1, 0.15) is 69.8 Å². The molecule has 5 rings (SSSR count). The number of anilines is 1. The minimum Gasteiger partial charge on any atom is -0.493 e. The van der Waals surface area contributed by atoms with Crippen molar-refractivity contribution >= 4 is 11.8 Å². The third kappa shape index (κ3) is 3.88. The Morgan fingerprint density at radius 1 is 0.966 bits per heavy atom. The molecule has 1 atom stereocenters. The van der Waals surface area contributed by atoms with E-state index in [9.17, 15) is 0 Å². The SMILES string of the molecule is COc1cc2c(cc1OCCCN1CCCC1)N(C1CCCC1)C1CCCC1=C2. The van der Waals surface area contributed by atoms with Gasteiger partial charge in [0.1, 0.15) is 0 Å². The molecule has 2 aliphatic carbocycles. The van der Waals surface area contributed by atoms with Crippen LogP contribution in [-0.2, 0) is 0 Å².